The Hall–Kier alpha value is -3.25. The Morgan fingerprint density at radius 2 is 1.77 bits per heavy atom. The molecule has 3 aromatic rings. The number of aromatic nitrogens is 1. The predicted molar refractivity (Wildman–Crippen MR) is 93.1 cm³/mol. The molecule has 1 aromatic heterocycles. The van der Waals surface area contributed by atoms with E-state index in [1.807, 2.05) is 30.3 Å². The number of likely N-dealkylation sites (N-methyl/N-ethyl adjacent to an activating group) is 1. The Labute approximate surface area is 149 Å². The number of carbonyl (C=O) groups excluding carboxylic acids is 2. The van der Waals surface area contributed by atoms with Crippen molar-refractivity contribution in [3.63, 3.8) is 0 Å². The van der Waals surface area contributed by atoms with Crippen LogP contribution in [0.25, 0.3) is 11.5 Å². The summed E-state index contributed by atoms with van der Waals surface area (Å²) in [6.07, 6.45) is 1.38. The molecule has 1 N–H and O–H groups in total. The van der Waals surface area contributed by atoms with Crippen molar-refractivity contribution in [2.75, 3.05) is 7.05 Å². The van der Waals surface area contributed by atoms with Gasteiger partial charge in [0.25, 0.3) is 11.8 Å². The second kappa shape index (κ2) is 5.93. The minimum atomic E-state index is -1.88. The average molecular weight is 348 g/mol. The third-order valence-corrected chi connectivity index (χ3v) is 4.57. The molecule has 0 bridgehead atoms. The number of amides is 2. The van der Waals surface area contributed by atoms with Gasteiger partial charge in [0.05, 0.1) is 6.20 Å². The summed E-state index contributed by atoms with van der Waals surface area (Å²) in [6.45, 7) is 0. The fourth-order valence-corrected chi connectivity index (χ4v) is 3.22. The smallest absolute Gasteiger partial charge is 0.266 e. The van der Waals surface area contributed by atoms with Crippen LogP contribution >= 0.6 is 0 Å². The molecule has 130 valence electrons. The van der Waals surface area contributed by atoms with Gasteiger partial charge in [0.15, 0.2) is 5.60 Å². The highest BCUT2D eigenvalue weighted by Gasteiger charge is 2.49. The van der Waals surface area contributed by atoms with Gasteiger partial charge in [-0.3, -0.25) is 14.5 Å². The van der Waals surface area contributed by atoms with Crippen LogP contribution in [0.15, 0.2) is 65.2 Å². The zero-order chi connectivity index (χ0) is 18.3. The Morgan fingerprint density at radius 3 is 2.54 bits per heavy atom. The van der Waals surface area contributed by atoms with Crippen LogP contribution in [0.5, 0.6) is 0 Å². The maximum atomic E-state index is 12.7. The van der Waals surface area contributed by atoms with Crippen LogP contribution in [0.3, 0.4) is 0 Å². The Bertz CT molecular complexity index is 996. The van der Waals surface area contributed by atoms with Crippen molar-refractivity contribution in [2.45, 2.75) is 12.0 Å². The summed E-state index contributed by atoms with van der Waals surface area (Å²) in [5.41, 5.74) is -0.494. The summed E-state index contributed by atoms with van der Waals surface area (Å²) < 4.78 is 5.74. The molecule has 4 rings (SSSR count). The normalized spacial score (nSPS) is 19.5. The third-order valence-electron chi connectivity index (χ3n) is 4.57. The van der Waals surface area contributed by atoms with Gasteiger partial charge in [-0.05, 0) is 18.2 Å². The molecule has 1 aliphatic rings. The first-order valence-corrected chi connectivity index (χ1v) is 8.15. The lowest BCUT2D eigenvalue weighted by Crippen LogP contribution is -2.53. The largest absolute Gasteiger partial charge is 0.441 e. The first-order chi connectivity index (χ1) is 12.5. The first kappa shape index (κ1) is 16.2. The number of benzene rings is 2. The van der Waals surface area contributed by atoms with E-state index in [-0.39, 0.29) is 12.0 Å². The third kappa shape index (κ3) is 2.43. The molecule has 0 spiro atoms. The predicted octanol–water partition coefficient (Wildman–Crippen LogP) is 2.38. The van der Waals surface area contributed by atoms with Crippen molar-refractivity contribution in [2.24, 2.45) is 0 Å². The lowest BCUT2D eigenvalue weighted by molar-refractivity contribution is -0.150. The van der Waals surface area contributed by atoms with Gasteiger partial charge in [-0.2, -0.15) is 0 Å². The van der Waals surface area contributed by atoms with Crippen molar-refractivity contribution in [3.05, 3.63) is 77.7 Å². The van der Waals surface area contributed by atoms with Gasteiger partial charge in [-0.15, -0.1) is 0 Å². The van der Waals surface area contributed by atoms with Gasteiger partial charge in [0.1, 0.15) is 5.76 Å². The molecular weight excluding hydrogens is 332 g/mol. The number of nitrogens with zero attached hydrogens (tertiary/aromatic N) is 2. The highest BCUT2D eigenvalue weighted by Crippen LogP contribution is 2.35. The molecule has 6 nitrogen and oxygen atoms in total. The molecule has 0 radical (unpaired) electrons. The minimum absolute atomic E-state index is 0.111. The Balaban J connectivity index is 1.73. The fraction of sp³-hybridized carbons (Fsp3) is 0.150. The van der Waals surface area contributed by atoms with Gasteiger partial charge < -0.3 is 9.52 Å². The Kier molecular flexibility index (Phi) is 3.70. The lowest BCUT2D eigenvalue weighted by Gasteiger charge is -2.36. The molecule has 0 saturated carbocycles. The number of carbonyl (C=O) groups is 2. The van der Waals surface area contributed by atoms with E-state index >= 15 is 0 Å². The van der Waals surface area contributed by atoms with E-state index in [1.54, 1.807) is 24.3 Å². The van der Waals surface area contributed by atoms with E-state index in [2.05, 4.69) is 4.98 Å². The molecular formula is C20H16N2O4. The number of imide groups is 1. The lowest BCUT2D eigenvalue weighted by atomic mass is 9.82. The monoisotopic (exact) mass is 348 g/mol. The van der Waals surface area contributed by atoms with Crippen molar-refractivity contribution >= 4 is 11.8 Å². The summed E-state index contributed by atoms with van der Waals surface area (Å²) >= 11 is 0. The van der Waals surface area contributed by atoms with Gasteiger partial charge >= 0.3 is 0 Å². The quantitative estimate of drug-likeness (QED) is 0.735. The zero-order valence-electron chi connectivity index (χ0n) is 14.0. The van der Waals surface area contributed by atoms with E-state index in [1.165, 1.54) is 13.2 Å². The van der Waals surface area contributed by atoms with Crippen LogP contribution in [-0.2, 0) is 16.8 Å². The molecule has 1 aliphatic heterocycles. The van der Waals surface area contributed by atoms with E-state index in [4.69, 9.17) is 4.42 Å². The van der Waals surface area contributed by atoms with Crippen LogP contribution in [0.2, 0.25) is 0 Å². The minimum Gasteiger partial charge on any atom is -0.441 e. The molecule has 0 saturated heterocycles. The van der Waals surface area contributed by atoms with Crippen molar-refractivity contribution in [3.8, 4) is 11.5 Å². The van der Waals surface area contributed by atoms with E-state index in [9.17, 15) is 14.7 Å². The molecule has 26 heavy (non-hydrogen) atoms. The Morgan fingerprint density at radius 1 is 1.08 bits per heavy atom. The van der Waals surface area contributed by atoms with E-state index in [0.29, 0.717) is 17.2 Å². The van der Waals surface area contributed by atoms with Crippen molar-refractivity contribution in [1.82, 2.24) is 9.88 Å². The number of aliphatic hydroxyl groups is 1. The molecule has 2 amide bonds. The summed E-state index contributed by atoms with van der Waals surface area (Å²) in [6, 6.07) is 15.9. The summed E-state index contributed by atoms with van der Waals surface area (Å²) in [4.78, 5) is 30.2. The zero-order valence-corrected chi connectivity index (χ0v) is 14.0. The van der Waals surface area contributed by atoms with Crippen LogP contribution in [0.1, 0.15) is 21.7 Å². The van der Waals surface area contributed by atoms with Gasteiger partial charge in [-0.25, -0.2) is 4.98 Å². The second-order valence-electron chi connectivity index (χ2n) is 6.25. The summed E-state index contributed by atoms with van der Waals surface area (Å²) in [7, 11) is 1.36. The van der Waals surface area contributed by atoms with E-state index in [0.717, 1.165) is 10.5 Å². The van der Waals surface area contributed by atoms with Crippen molar-refractivity contribution in [1.29, 1.82) is 0 Å². The number of hydrogen-bond donors (Lipinski definition) is 1. The average Bonchev–Trinajstić information content (AvgIpc) is 3.14. The van der Waals surface area contributed by atoms with Crippen LogP contribution < -0.4 is 0 Å². The van der Waals surface area contributed by atoms with Crippen molar-refractivity contribution < 1.29 is 19.1 Å². The fourth-order valence-electron chi connectivity index (χ4n) is 3.22. The molecule has 1 unspecified atom stereocenters. The highest BCUT2D eigenvalue weighted by molar-refractivity contribution is 6.12. The van der Waals surface area contributed by atoms with Crippen LogP contribution in [0.4, 0.5) is 0 Å². The highest BCUT2D eigenvalue weighted by atomic mass is 16.4. The molecule has 0 fully saturated rings. The number of rotatable bonds is 3. The molecule has 2 heterocycles. The second-order valence-corrected chi connectivity index (χ2v) is 6.25. The maximum absolute atomic E-state index is 12.7. The first-order valence-electron chi connectivity index (χ1n) is 8.15. The van der Waals surface area contributed by atoms with Crippen LogP contribution in [-0.4, -0.2) is 33.9 Å². The van der Waals surface area contributed by atoms with Gasteiger partial charge in [-0.1, -0.05) is 36.4 Å². The van der Waals surface area contributed by atoms with Gasteiger partial charge in [0.2, 0.25) is 5.89 Å². The SMILES string of the molecule is CN1C(=O)c2ccccc2C(O)(Cc2cnc(-c3ccccc3)o2)C1=O. The molecule has 0 aliphatic carbocycles. The number of hydrogen-bond acceptors (Lipinski definition) is 5. The molecule has 6 heteroatoms. The molecule has 2 aromatic carbocycles. The standard InChI is InChI=1S/C20H16N2O4/c1-22-18(23)15-9-5-6-10-16(15)20(25,19(22)24)11-14-12-21-17(26-14)13-7-3-2-4-8-13/h2-10,12,25H,11H2,1H3. The van der Waals surface area contributed by atoms with E-state index < -0.39 is 17.4 Å². The van der Waals surface area contributed by atoms with Crippen LogP contribution in [0, 0.1) is 0 Å². The topological polar surface area (TPSA) is 83.6 Å². The van der Waals surface area contributed by atoms with Gasteiger partial charge in [0, 0.05) is 30.2 Å². The molecule has 1 atom stereocenters. The number of oxazole rings is 1. The maximum Gasteiger partial charge on any atom is 0.266 e. The summed E-state index contributed by atoms with van der Waals surface area (Å²) in [5, 5.41) is 11.2. The summed E-state index contributed by atoms with van der Waals surface area (Å²) in [5.74, 6) is -0.348. The number of fused-ring (bicyclic) bond motifs is 1.